The topological polar surface area (TPSA) is 151 Å². The summed E-state index contributed by atoms with van der Waals surface area (Å²) in [5.41, 5.74) is 21.3. The second kappa shape index (κ2) is 9.67. The molecule has 0 saturated heterocycles. The van der Waals surface area contributed by atoms with E-state index in [1.807, 2.05) is 30.3 Å². The number of benzene rings is 1. The minimum absolute atomic E-state index is 0.0380. The number of nitrogens with zero attached hydrogens (tertiary/aromatic N) is 1. The number of hydrogen-bond acceptors (Lipinski definition) is 4. The lowest BCUT2D eigenvalue weighted by Crippen LogP contribution is -2.58. The number of rotatable bonds is 11. The van der Waals surface area contributed by atoms with Gasteiger partial charge in [0.25, 0.3) is 0 Å². The highest BCUT2D eigenvalue weighted by atomic mass is 16.2. The van der Waals surface area contributed by atoms with Gasteiger partial charge in [0.1, 0.15) is 0 Å². The number of carbonyl (C=O) groups excluding carboxylic acids is 2. The highest BCUT2D eigenvalue weighted by molar-refractivity contribution is 6.09. The number of ketones is 1. The number of aliphatic imine (C=N–C) groups is 1. The quantitative estimate of drug-likeness (QED) is 0.197. The summed E-state index contributed by atoms with van der Waals surface area (Å²) >= 11 is 0. The number of guanidine groups is 1. The van der Waals surface area contributed by atoms with Crippen LogP contribution in [0.4, 0.5) is 0 Å². The van der Waals surface area contributed by atoms with Gasteiger partial charge in [-0.1, -0.05) is 30.3 Å². The van der Waals surface area contributed by atoms with Crippen molar-refractivity contribution >= 4 is 17.6 Å². The van der Waals surface area contributed by atoms with Crippen LogP contribution in [0.25, 0.3) is 0 Å². The van der Waals surface area contributed by atoms with E-state index in [-0.39, 0.29) is 24.6 Å². The molecule has 0 aliphatic rings. The summed E-state index contributed by atoms with van der Waals surface area (Å²) in [6, 6.07) is 10.0. The van der Waals surface area contributed by atoms with Crippen molar-refractivity contribution in [1.29, 1.82) is 0 Å². The molecule has 0 aliphatic carbocycles. The number of unbranched alkanes of at least 4 members (excludes halogenated alkanes) is 1. The van der Waals surface area contributed by atoms with E-state index in [0.29, 0.717) is 19.4 Å². The average Bonchev–Trinajstić information content (AvgIpc) is 2.55. The van der Waals surface area contributed by atoms with Gasteiger partial charge < -0.3 is 22.9 Å². The molecule has 1 atom stereocenters. The van der Waals surface area contributed by atoms with Crippen molar-refractivity contribution in [3.05, 3.63) is 35.9 Å². The molecule has 0 spiro atoms. The maximum absolute atomic E-state index is 12.3. The summed E-state index contributed by atoms with van der Waals surface area (Å²) in [5.74, 6) is -1.17. The SMILES string of the molecule is NC(=O)[C@@](N)(CCCN=C(N)N)C(=O)CCCCc1ccccc1. The molecule has 1 aromatic rings. The van der Waals surface area contributed by atoms with Crippen LogP contribution in [0.1, 0.15) is 37.7 Å². The molecule has 0 bridgehead atoms. The molecule has 0 aromatic heterocycles. The number of Topliss-reactive ketones (excluding diaryl/α,β-unsaturated/α-hetero) is 1. The Morgan fingerprint density at radius 2 is 1.67 bits per heavy atom. The van der Waals surface area contributed by atoms with Crippen molar-refractivity contribution in [2.45, 2.75) is 44.1 Å². The molecule has 8 N–H and O–H groups in total. The molecule has 24 heavy (non-hydrogen) atoms. The van der Waals surface area contributed by atoms with Crippen LogP contribution in [0.3, 0.4) is 0 Å². The monoisotopic (exact) mass is 333 g/mol. The van der Waals surface area contributed by atoms with E-state index < -0.39 is 11.4 Å². The Hall–Kier alpha value is -2.41. The summed E-state index contributed by atoms with van der Waals surface area (Å²) in [4.78, 5) is 27.8. The van der Waals surface area contributed by atoms with Gasteiger partial charge in [0.2, 0.25) is 5.91 Å². The molecule has 0 fully saturated rings. The van der Waals surface area contributed by atoms with Crippen molar-refractivity contribution in [3.8, 4) is 0 Å². The standard InChI is InChI=1S/C17H27N5O2/c18-15(24)17(21,11-6-12-22-16(19)20)14(23)10-5-4-9-13-7-2-1-3-8-13/h1-3,7-8H,4-6,9-12,21H2,(H2,18,24)(H4,19,20,22)/t17-/m1/s1. The third-order valence-electron chi connectivity index (χ3n) is 3.92. The molecule has 132 valence electrons. The fourth-order valence-electron chi connectivity index (χ4n) is 2.45. The van der Waals surface area contributed by atoms with Crippen LogP contribution >= 0.6 is 0 Å². The number of nitrogens with two attached hydrogens (primary N) is 4. The summed E-state index contributed by atoms with van der Waals surface area (Å²) in [7, 11) is 0. The predicted octanol–water partition coefficient (Wildman–Crippen LogP) is 0.205. The van der Waals surface area contributed by atoms with E-state index in [4.69, 9.17) is 22.9 Å². The fourth-order valence-corrected chi connectivity index (χ4v) is 2.45. The number of aryl methyl sites for hydroxylation is 1. The van der Waals surface area contributed by atoms with Gasteiger partial charge in [-0.05, 0) is 37.7 Å². The number of carbonyl (C=O) groups is 2. The summed E-state index contributed by atoms with van der Waals surface area (Å²) < 4.78 is 0. The molecule has 0 saturated carbocycles. The van der Waals surface area contributed by atoms with Crippen molar-refractivity contribution in [2.24, 2.45) is 27.9 Å². The maximum Gasteiger partial charge on any atom is 0.245 e. The van der Waals surface area contributed by atoms with Crippen LogP contribution in [0.15, 0.2) is 35.3 Å². The summed E-state index contributed by atoms with van der Waals surface area (Å²) in [6.07, 6.45) is 3.16. The molecule has 0 aliphatic heterocycles. The second-order valence-corrected chi connectivity index (χ2v) is 5.86. The zero-order chi connectivity index (χ0) is 18.0. The van der Waals surface area contributed by atoms with Crippen LogP contribution in [0.2, 0.25) is 0 Å². The largest absolute Gasteiger partial charge is 0.370 e. The van der Waals surface area contributed by atoms with E-state index in [1.165, 1.54) is 5.56 Å². The van der Waals surface area contributed by atoms with E-state index in [9.17, 15) is 9.59 Å². The van der Waals surface area contributed by atoms with Crippen LogP contribution in [0, 0.1) is 0 Å². The Kier molecular flexibility index (Phi) is 7.91. The van der Waals surface area contributed by atoms with Crippen molar-refractivity contribution < 1.29 is 9.59 Å². The molecule has 1 amide bonds. The summed E-state index contributed by atoms with van der Waals surface area (Å²) in [6.45, 7) is 0.301. The first-order chi connectivity index (χ1) is 11.4. The molecule has 7 nitrogen and oxygen atoms in total. The molecular formula is C17H27N5O2. The Morgan fingerprint density at radius 3 is 2.25 bits per heavy atom. The maximum atomic E-state index is 12.3. The van der Waals surface area contributed by atoms with Crippen molar-refractivity contribution in [1.82, 2.24) is 0 Å². The van der Waals surface area contributed by atoms with Crippen molar-refractivity contribution in [2.75, 3.05) is 6.54 Å². The zero-order valence-electron chi connectivity index (χ0n) is 13.9. The Morgan fingerprint density at radius 1 is 1.00 bits per heavy atom. The second-order valence-electron chi connectivity index (χ2n) is 5.86. The first-order valence-corrected chi connectivity index (χ1v) is 8.07. The third kappa shape index (κ3) is 6.37. The molecule has 1 rings (SSSR count). The van der Waals surface area contributed by atoms with Gasteiger partial charge in [-0.2, -0.15) is 0 Å². The minimum Gasteiger partial charge on any atom is -0.370 e. The van der Waals surface area contributed by atoms with E-state index in [1.54, 1.807) is 0 Å². The lowest BCUT2D eigenvalue weighted by Gasteiger charge is -2.24. The molecular weight excluding hydrogens is 306 g/mol. The van der Waals surface area contributed by atoms with E-state index in [0.717, 1.165) is 12.8 Å². The first kappa shape index (κ1) is 19.6. The molecule has 7 heteroatoms. The van der Waals surface area contributed by atoms with Gasteiger partial charge in [-0.15, -0.1) is 0 Å². The molecule has 0 heterocycles. The van der Waals surface area contributed by atoms with Gasteiger partial charge >= 0.3 is 0 Å². The molecule has 1 aromatic carbocycles. The van der Waals surface area contributed by atoms with Gasteiger partial charge in [0.15, 0.2) is 17.3 Å². The van der Waals surface area contributed by atoms with E-state index >= 15 is 0 Å². The molecule has 0 unspecified atom stereocenters. The van der Waals surface area contributed by atoms with Gasteiger partial charge in [-0.25, -0.2) is 0 Å². The minimum atomic E-state index is -1.65. The highest BCUT2D eigenvalue weighted by Gasteiger charge is 2.38. The highest BCUT2D eigenvalue weighted by Crippen LogP contribution is 2.16. The predicted molar refractivity (Wildman–Crippen MR) is 95.0 cm³/mol. The van der Waals surface area contributed by atoms with Crippen LogP contribution in [-0.4, -0.2) is 29.7 Å². The smallest absolute Gasteiger partial charge is 0.245 e. The van der Waals surface area contributed by atoms with Gasteiger partial charge in [-0.3, -0.25) is 14.6 Å². The van der Waals surface area contributed by atoms with E-state index in [2.05, 4.69) is 4.99 Å². The number of hydrogen-bond donors (Lipinski definition) is 4. The number of primary amides is 1. The Labute approximate surface area is 142 Å². The normalized spacial score (nSPS) is 13.0. The molecule has 0 radical (unpaired) electrons. The Bertz CT molecular complexity index is 570. The fraction of sp³-hybridized carbons (Fsp3) is 0.471. The lowest BCUT2D eigenvalue weighted by molar-refractivity contribution is -0.134. The van der Waals surface area contributed by atoms with Crippen LogP contribution in [-0.2, 0) is 16.0 Å². The summed E-state index contributed by atoms with van der Waals surface area (Å²) in [5, 5.41) is 0. The van der Waals surface area contributed by atoms with Crippen molar-refractivity contribution in [3.63, 3.8) is 0 Å². The van der Waals surface area contributed by atoms with Gasteiger partial charge in [0.05, 0.1) is 0 Å². The van der Waals surface area contributed by atoms with Gasteiger partial charge in [0, 0.05) is 13.0 Å². The van der Waals surface area contributed by atoms with Crippen LogP contribution in [0.5, 0.6) is 0 Å². The number of amides is 1. The average molecular weight is 333 g/mol. The Balaban J connectivity index is 2.44. The third-order valence-corrected chi connectivity index (χ3v) is 3.92. The lowest BCUT2D eigenvalue weighted by atomic mass is 9.86. The zero-order valence-corrected chi connectivity index (χ0v) is 13.9. The first-order valence-electron chi connectivity index (χ1n) is 8.07. The van der Waals surface area contributed by atoms with Crippen LogP contribution < -0.4 is 22.9 Å².